The van der Waals surface area contributed by atoms with E-state index in [-0.39, 0.29) is 5.91 Å². The van der Waals surface area contributed by atoms with E-state index in [0.717, 1.165) is 4.90 Å². The second-order valence-corrected chi connectivity index (χ2v) is 4.38. The molecule has 0 aliphatic carbocycles. The number of carbonyl (C=O) groups is 1. The molecular formula is C12H13N3OS. The van der Waals surface area contributed by atoms with Gasteiger partial charge in [-0.2, -0.15) is 5.10 Å². The van der Waals surface area contributed by atoms with Gasteiger partial charge in [-0.25, -0.2) is 0 Å². The van der Waals surface area contributed by atoms with Crippen LogP contribution in [0.4, 0.5) is 5.82 Å². The van der Waals surface area contributed by atoms with Crippen molar-refractivity contribution < 1.29 is 4.79 Å². The minimum absolute atomic E-state index is 0.131. The van der Waals surface area contributed by atoms with Crippen LogP contribution in [0.1, 0.15) is 10.4 Å². The highest BCUT2D eigenvalue weighted by molar-refractivity contribution is 7.98. The predicted molar refractivity (Wildman–Crippen MR) is 69.4 cm³/mol. The average Bonchev–Trinajstić information content (AvgIpc) is 2.74. The van der Waals surface area contributed by atoms with E-state index in [1.807, 2.05) is 37.6 Å². The van der Waals surface area contributed by atoms with Gasteiger partial charge in [0.2, 0.25) is 0 Å². The lowest BCUT2D eigenvalue weighted by Crippen LogP contribution is -2.13. The molecule has 0 spiro atoms. The molecule has 0 saturated heterocycles. The maximum Gasteiger partial charge on any atom is 0.257 e. The molecule has 17 heavy (non-hydrogen) atoms. The Morgan fingerprint density at radius 3 is 2.76 bits per heavy atom. The maximum absolute atomic E-state index is 12.0. The summed E-state index contributed by atoms with van der Waals surface area (Å²) in [5, 5.41) is 6.88. The second kappa shape index (κ2) is 5.05. The highest BCUT2D eigenvalue weighted by Crippen LogP contribution is 2.20. The highest BCUT2D eigenvalue weighted by atomic mass is 32.2. The highest BCUT2D eigenvalue weighted by Gasteiger charge is 2.11. The fourth-order valence-corrected chi connectivity index (χ4v) is 2.09. The SMILES string of the molecule is CSc1ccccc1C(=O)Nc1ccn(C)n1. The van der Waals surface area contributed by atoms with E-state index in [4.69, 9.17) is 0 Å². The molecule has 1 aromatic heterocycles. The summed E-state index contributed by atoms with van der Waals surface area (Å²) >= 11 is 1.55. The monoisotopic (exact) mass is 247 g/mol. The van der Waals surface area contributed by atoms with Crippen LogP contribution in [0.2, 0.25) is 0 Å². The summed E-state index contributed by atoms with van der Waals surface area (Å²) in [6.45, 7) is 0. The van der Waals surface area contributed by atoms with E-state index >= 15 is 0 Å². The lowest BCUT2D eigenvalue weighted by atomic mass is 10.2. The van der Waals surface area contributed by atoms with Gasteiger partial charge in [-0.05, 0) is 18.4 Å². The molecule has 0 fully saturated rings. The number of thioether (sulfide) groups is 1. The van der Waals surface area contributed by atoms with Crippen LogP contribution in [0.3, 0.4) is 0 Å². The van der Waals surface area contributed by atoms with Gasteiger partial charge in [-0.1, -0.05) is 12.1 Å². The van der Waals surface area contributed by atoms with Crippen molar-refractivity contribution in [3.8, 4) is 0 Å². The van der Waals surface area contributed by atoms with Crippen molar-refractivity contribution in [3.05, 3.63) is 42.1 Å². The maximum atomic E-state index is 12.0. The van der Waals surface area contributed by atoms with Crippen LogP contribution < -0.4 is 5.32 Å². The Balaban J connectivity index is 2.20. The zero-order valence-electron chi connectivity index (χ0n) is 9.68. The van der Waals surface area contributed by atoms with Gasteiger partial charge in [0, 0.05) is 24.2 Å². The Morgan fingerprint density at radius 2 is 2.12 bits per heavy atom. The number of nitrogens with one attached hydrogen (secondary N) is 1. The molecule has 0 bridgehead atoms. The van der Waals surface area contributed by atoms with Crippen LogP contribution in [0, 0.1) is 0 Å². The molecule has 0 aliphatic heterocycles. The fraction of sp³-hybridized carbons (Fsp3) is 0.167. The number of hydrogen-bond acceptors (Lipinski definition) is 3. The molecule has 1 amide bonds. The lowest BCUT2D eigenvalue weighted by Gasteiger charge is -2.06. The number of benzene rings is 1. The minimum atomic E-state index is -0.131. The number of aryl methyl sites for hydroxylation is 1. The standard InChI is InChI=1S/C12H13N3OS/c1-15-8-7-11(14-15)13-12(16)9-5-3-4-6-10(9)17-2/h3-8H,1-2H3,(H,13,14,16). The number of aromatic nitrogens is 2. The van der Waals surface area contributed by atoms with Gasteiger partial charge in [0.15, 0.2) is 5.82 Å². The van der Waals surface area contributed by atoms with Gasteiger partial charge in [-0.3, -0.25) is 9.48 Å². The Kier molecular flexibility index (Phi) is 3.49. The Labute approximate surface area is 104 Å². The van der Waals surface area contributed by atoms with E-state index < -0.39 is 0 Å². The molecule has 0 atom stereocenters. The molecule has 1 N–H and O–H groups in total. The van der Waals surface area contributed by atoms with Crippen LogP contribution in [-0.2, 0) is 7.05 Å². The van der Waals surface area contributed by atoms with E-state index in [1.165, 1.54) is 0 Å². The first kappa shape index (κ1) is 11.7. The molecule has 1 aromatic carbocycles. The van der Waals surface area contributed by atoms with Crippen LogP contribution in [0.15, 0.2) is 41.4 Å². The number of nitrogens with zero attached hydrogens (tertiary/aromatic N) is 2. The van der Waals surface area contributed by atoms with E-state index in [0.29, 0.717) is 11.4 Å². The molecule has 4 nitrogen and oxygen atoms in total. The van der Waals surface area contributed by atoms with Crippen LogP contribution in [-0.4, -0.2) is 21.9 Å². The predicted octanol–water partition coefficient (Wildman–Crippen LogP) is 2.39. The van der Waals surface area contributed by atoms with Crippen molar-refractivity contribution in [3.63, 3.8) is 0 Å². The molecular weight excluding hydrogens is 234 g/mol. The Bertz CT molecular complexity index is 536. The Hall–Kier alpha value is -1.75. The molecule has 88 valence electrons. The molecule has 0 aliphatic rings. The first-order valence-electron chi connectivity index (χ1n) is 5.14. The van der Waals surface area contributed by atoms with Crippen molar-refractivity contribution in [2.75, 3.05) is 11.6 Å². The van der Waals surface area contributed by atoms with Crippen LogP contribution in [0.5, 0.6) is 0 Å². The second-order valence-electron chi connectivity index (χ2n) is 3.53. The summed E-state index contributed by atoms with van der Waals surface area (Å²) in [6, 6.07) is 9.28. The van der Waals surface area contributed by atoms with E-state index in [2.05, 4.69) is 10.4 Å². The summed E-state index contributed by atoms with van der Waals surface area (Å²) in [7, 11) is 1.81. The summed E-state index contributed by atoms with van der Waals surface area (Å²) in [6.07, 6.45) is 3.74. The van der Waals surface area contributed by atoms with Gasteiger partial charge in [0.1, 0.15) is 0 Å². The number of hydrogen-bond donors (Lipinski definition) is 1. The molecule has 2 aromatic rings. The summed E-state index contributed by atoms with van der Waals surface area (Å²) < 4.78 is 1.65. The normalized spacial score (nSPS) is 10.2. The van der Waals surface area contributed by atoms with Gasteiger partial charge >= 0.3 is 0 Å². The largest absolute Gasteiger partial charge is 0.305 e. The zero-order chi connectivity index (χ0) is 12.3. The van der Waals surface area contributed by atoms with E-state index in [9.17, 15) is 4.79 Å². The number of carbonyl (C=O) groups excluding carboxylic acids is 1. The lowest BCUT2D eigenvalue weighted by molar-refractivity contribution is 0.102. The molecule has 0 saturated carbocycles. The molecule has 1 heterocycles. The number of anilines is 1. The molecule has 0 unspecified atom stereocenters. The first-order valence-corrected chi connectivity index (χ1v) is 6.37. The quantitative estimate of drug-likeness (QED) is 0.847. The molecule has 5 heteroatoms. The van der Waals surface area contributed by atoms with Gasteiger partial charge in [-0.15, -0.1) is 11.8 Å². The summed E-state index contributed by atoms with van der Waals surface area (Å²) in [5.74, 6) is 0.432. The van der Waals surface area contributed by atoms with Crippen LogP contribution >= 0.6 is 11.8 Å². The van der Waals surface area contributed by atoms with Gasteiger partial charge < -0.3 is 5.32 Å². The molecule has 0 radical (unpaired) electrons. The third-order valence-electron chi connectivity index (χ3n) is 2.31. The molecule has 2 rings (SSSR count). The van der Waals surface area contributed by atoms with Crippen LogP contribution in [0.25, 0.3) is 0 Å². The smallest absolute Gasteiger partial charge is 0.257 e. The summed E-state index contributed by atoms with van der Waals surface area (Å²) in [4.78, 5) is 13.0. The van der Waals surface area contributed by atoms with Crippen molar-refractivity contribution >= 4 is 23.5 Å². The minimum Gasteiger partial charge on any atom is -0.305 e. The average molecular weight is 247 g/mol. The zero-order valence-corrected chi connectivity index (χ0v) is 10.5. The van der Waals surface area contributed by atoms with Crippen molar-refractivity contribution in [2.45, 2.75) is 4.90 Å². The first-order chi connectivity index (χ1) is 8.20. The fourth-order valence-electron chi connectivity index (χ4n) is 1.50. The van der Waals surface area contributed by atoms with Crippen molar-refractivity contribution in [1.82, 2.24) is 9.78 Å². The van der Waals surface area contributed by atoms with Crippen molar-refractivity contribution in [1.29, 1.82) is 0 Å². The summed E-state index contributed by atoms with van der Waals surface area (Å²) in [5.41, 5.74) is 0.672. The number of rotatable bonds is 3. The topological polar surface area (TPSA) is 46.9 Å². The third kappa shape index (κ3) is 2.68. The van der Waals surface area contributed by atoms with E-state index in [1.54, 1.807) is 28.7 Å². The van der Waals surface area contributed by atoms with Crippen molar-refractivity contribution in [2.24, 2.45) is 7.05 Å². The van der Waals surface area contributed by atoms with Gasteiger partial charge in [0.25, 0.3) is 5.91 Å². The Morgan fingerprint density at radius 1 is 1.35 bits per heavy atom. The number of amides is 1. The van der Waals surface area contributed by atoms with Gasteiger partial charge in [0.05, 0.1) is 5.56 Å². The third-order valence-corrected chi connectivity index (χ3v) is 3.10.